The van der Waals surface area contributed by atoms with Gasteiger partial charge in [-0.2, -0.15) is 0 Å². The number of carbonyl (C=O) groups excluding carboxylic acids is 1. The topological polar surface area (TPSA) is 75.6 Å². The van der Waals surface area contributed by atoms with E-state index in [2.05, 4.69) is 32.6 Å². The lowest BCUT2D eigenvalue weighted by atomic mass is 10.2. The second-order valence-corrected chi connectivity index (χ2v) is 3.98. The summed E-state index contributed by atoms with van der Waals surface area (Å²) in [4.78, 5) is 22.2. The smallest absolute Gasteiger partial charge is 0.411 e. The predicted octanol–water partition coefficient (Wildman–Crippen LogP) is 3.02. The van der Waals surface area contributed by atoms with E-state index in [-0.39, 0.29) is 22.3 Å². The summed E-state index contributed by atoms with van der Waals surface area (Å²) in [6.07, 6.45) is 0.457. The number of aromatic carboxylic acids is 1. The van der Waals surface area contributed by atoms with Crippen molar-refractivity contribution < 1.29 is 23.8 Å². The summed E-state index contributed by atoms with van der Waals surface area (Å²) in [5.74, 6) is -1.99. The third-order valence-corrected chi connectivity index (χ3v) is 2.47. The molecule has 0 saturated carbocycles. The molecule has 18 heavy (non-hydrogen) atoms. The molecule has 0 aliphatic heterocycles. The van der Waals surface area contributed by atoms with Gasteiger partial charge in [0, 0.05) is 0 Å². The number of rotatable bonds is 4. The minimum absolute atomic E-state index is 0.00934. The Kier molecular flexibility index (Phi) is 4.85. The summed E-state index contributed by atoms with van der Waals surface area (Å²) >= 11 is 2.86. The van der Waals surface area contributed by atoms with Gasteiger partial charge in [-0.3, -0.25) is 5.32 Å². The lowest BCUT2D eigenvalue weighted by Crippen LogP contribution is -2.16. The Balaban J connectivity index is 3.00. The summed E-state index contributed by atoms with van der Waals surface area (Å²) < 4.78 is 17.9. The number of hydrogen-bond donors (Lipinski definition) is 2. The number of ether oxygens (including phenoxy) is 1. The number of benzene rings is 1. The van der Waals surface area contributed by atoms with Crippen molar-refractivity contribution in [3.05, 3.63) is 40.6 Å². The summed E-state index contributed by atoms with van der Waals surface area (Å²) in [6.45, 7) is 3.31. The van der Waals surface area contributed by atoms with E-state index in [0.29, 0.717) is 0 Å². The highest BCUT2D eigenvalue weighted by atomic mass is 79.9. The van der Waals surface area contributed by atoms with Gasteiger partial charge in [-0.05, 0) is 28.1 Å². The van der Waals surface area contributed by atoms with Gasteiger partial charge < -0.3 is 9.84 Å². The molecule has 1 amide bonds. The Morgan fingerprint density at radius 2 is 2.22 bits per heavy atom. The molecule has 1 aromatic carbocycles. The molecule has 0 fully saturated rings. The fraction of sp³-hybridized carbons (Fsp3) is 0.0909. The maximum atomic E-state index is 13.3. The van der Waals surface area contributed by atoms with Crippen LogP contribution in [0.15, 0.2) is 29.3 Å². The molecule has 5 nitrogen and oxygen atoms in total. The molecule has 96 valence electrons. The molecule has 0 heterocycles. The van der Waals surface area contributed by atoms with E-state index in [1.54, 1.807) is 0 Å². The zero-order valence-corrected chi connectivity index (χ0v) is 10.7. The average Bonchev–Trinajstić information content (AvgIpc) is 2.30. The largest absolute Gasteiger partial charge is 0.478 e. The van der Waals surface area contributed by atoms with Gasteiger partial charge in [0.2, 0.25) is 0 Å². The van der Waals surface area contributed by atoms with Gasteiger partial charge in [-0.15, -0.1) is 0 Å². The average molecular weight is 318 g/mol. The molecule has 0 unspecified atom stereocenters. The molecular formula is C11H9BrFNO4. The van der Waals surface area contributed by atoms with Crippen LogP contribution in [0.5, 0.6) is 0 Å². The standard InChI is InChI=1S/C11H9BrFNO4/c1-2-3-18-11(17)14-9-5-8(13)7(12)4-6(9)10(15)16/h2,4-5H,1,3H2,(H,14,17)(H,15,16). The van der Waals surface area contributed by atoms with Gasteiger partial charge in [0.1, 0.15) is 12.4 Å². The van der Waals surface area contributed by atoms with Crippen LogP contribution in [0.3, 0.4) is 0 Å². The third-order valence-electron chi connectivity index (χ3n) is 1.86. The Labute approximate surface area is 110 Å². The van der Waals surface area contributed by atoms with Gasteiger partial charge >= 0.3 is 12.1 Å². The second-order valence-electron chi connectivity index (χ2n) is 3.13. The Hall–Kier alpha value is -1.89. The summed E-state index contributed by atoms with van der Waals surface area (Å²) in [6, 6.07) is 1.95. The van der Waals surface area contributed by atoms with Gasteiger partial charge in [0.15, 0.2) is 0 Å². The van der Waals surface area contributed by atoms with Crippen molar-refractivity contribution in [3.63, 3.8) is 0 Å². The number of carboxylic acids is 1. The molecule has 0 atom stereocenters. The van der Waals surface area contributed by atoms with E-state index >= 15 is 0 Å². The van der Waals surface area contributed by atoms with Crippen LogP contribution in [0.25, 0.3) is 0 Å². The van der Waals surface area contributed by atoms with Crippen molar-refractivity contribution >= 4 is 33.7 Å². The molecule has 0 bridgehead atoms. The Morgan fingerprint density at radius 1 is 1.56 bits per heavy atom. The van der Waals surface area contributed by atoms with Gasteiger partial charge in [0.05, 0.1) is 15.7 Å². The van der Waals surface area contributed by atoms with Crippen LogP contribution in [0.2, 0.25) is 0 Å². The lowest BCUT2D eigenvalue weighted by molar-refractivity contribution is 0.0698. The summed E-state index contributed by atoms with van der Waals surface area (Å²) in [7, 11) is 0. The van der Waals surface area contributed by atoms with Crippen LogP contribution in [-0.2, 0) is 4.74 Å². The van der Waals surface area contributed by atoms with Crippen molar-refractivity contribution in [1.29, 1.82) is 0 Å². The zero-order valence-electron chi connectivity index (χ0n) is 9.07. The minimum Gasteiger partial charge on any atom is -0.478 e. The van der Waals surface area contributed by atoms with Crippen molar-refractivity contribution in [2.24, 2.45) is 0 Å². The van der Waals surface area contributed by atoms with Gasteiger partial charge in [-0.1, -0.05) is 12.7 Å². The Morgan fingerprint density at radius 3 is 2.78 bits per heavy atom. The van der Waals surface area contributed by atoms with Gasteiger partial charge in [0.25, 0.3) is 0 Å². The molecule has 1 aromatic rings. The number of nitrogens with one attached hydrogen (secondary N) is 1. The van der Waals surface area contributed by atoms with Crippen LogP contribution < -0.4 is 5.32 Å². The van der Waals surface area contributed by atoms with Crippen molar-refractivity contribution in [2.75, 3.05) is 11.9 Å². The van der Waals surface area contributed by atoms with Crippen molar-refractivity contribution in [2.45, 2.75) is 0 Å². The molecule has 0 aromatic heterocycles. The van der Waals surface area contributed by atoms with Crippen molar-refractivity contribution in [3.8, 4) is 0 Å². The summed E-state index contributed by atoms with van der Waals surface area (Å²) in [5, 5.41) is 11.1. The third kappa shape index (κ3) is 3.56. The maximum absolute atomic E-state index is 13.3. The number of anilines is 1. The van der Waals surface area contributed by atoms with E-state index in [1.807, 2.05) is 0 Å². The monoisotopic (exact) mass is 317 g/mol. The normalized spacial score (nSPS) is 9.67. The van der Waals surface area contributed by atoms with Gasteiger partial charge in [-0.25, -0.2) is 14.0 Å². The minimum atomic E-state index is -1.30. The van der Waals surface area contributed by atoms with Crippen molar-refractivity contribution in [1.82, 2.24) is 0 Å². The number of carbonyl (C=O) groups is 2. The molecule has 0 spiro atoms. The second kappa shape index (κ2) is 6.15. The molecule has 0 aliphatic rings. The molecule has 0 radical (unpaired) electrons. The highest BCUT2D eigenvalue weighted by Gasteiger charge is 2.16. The lowest BCUT2D eigenvalue weighted by Gasteiger charge is -2.09. The molecule has 0 aliphatic carbocycles. The molecule has 1 rings (SSSR count). The highest BCUT2D eigenvalue weighted by Crippen LogP contribution is 2.24. The molecule has 0 saturated heterocycles. The fourth-order valence-electron chi connectivity index (χ4n) is 1.11. The Bertz CT molecular complexity index is 504. The first-order valence-corrected chi connectivity index (χ1v) is 5.52. The molecule has 7 heteroatoms. The predicted molar refractivity (Wildman–Crippen MR) is 66.2 cm³/mol. The number of amides is 1. The van der Waals surface area contributed by atoms with Crippen LogP contribution in [0.1, 0.15) is 10.4 Å². The van der Waals surface area contributed by atoms with Crippen LogP contribution >= 0.6 is 15.9 Å². The number of hydrogen-bond acceptors (Lipinski definition) is 3. The fourth-order valence-corrected chi connectivity index (χ4v) is 1.45. The van der Waals surface area contributed by atoms with E-state index in [9.17, 15) is 14.0 Å². The van der Waals surface area contributed by atoms with Crippen LogP contribution in [-0.4, -0.2) is 23.8 Å². The highest BCUT2D eigenvalue weighted by molar-refractivity contribution is 9.10. The molecule has 2 N–H and O–H groups in total. The van der Waals surface area contributed by atoms with Crippen LogP contribution in [0.4, 0.5) is 14.9 Å². The maximum Gasteiger partial charge on any atom is 0.411 e. The quantitative estimate of drug-likeness (QED) is 0.837. The number of carboxylic acid groups (broad SMARTS) is 1. The SMILES string of the molecule is C=CCOC(=O)Nc1cc(F)c(Br)cc1C(=O)O. The number of halogens is 2. The van der Waals surface area contributed by atoms with E-state index < -0.39 is 17.9 Å². The zero-order chi connectivity index (χ0) is 13.7. The first kappa shape index (κ1) is 14.2. The molecular weight excluding hydrogens is 309 g/mol. The first-order chi connectivity index (χ1) is 8.45. The van der Waals surface area contributed by atoms with E-state index in [1.165, 1.54) is 6.08 Å². The van der Waals surface area contributed by atoms with E-state index in [4.69, 9.17) is 5.11 Å². The summed E-state index contributed by atoms with van der Waals surface area (Å²) in [5.41, 5.74) is -0.434. The first-order valence-electron chi connectivity index (χ1n) is 4.72. The van der Waals surface area contributed by atoms with E-state index in [0.717, 1.165) is 12.1 Å². The van der Waals surface area contributed by atoms with Crippen LogP contribution in [0, 0.1) is 5.82 Å².